The number of hydrogen-bond donors (Lipinski definition) is 1. The molecule has 1 heterocycles. The van der Waals surface area contributed by atoms with Crippen molar-refractivity contribution in [1.29, 1.82) is 0 Å². The topological polar surface area (TPSA) is 68.3 Å². The summed E-state index contributed by atoms with van der Waals surface area (Å²) in [4.78, 5) is 26.6. The second-order valence-corrected chi connectivity index (χ2v) is 4.79. The number of aromatic nitrogens is 1. The molecule has 5 heteroatoms. The number of rotatable bonds is 6. The lowest BCUT2D eigenvalue weighted by Crippen LogP contribution is -2.21. The first-order valence-corrected chi connectivity index (χ1v) is 6.81. The number of methoxy groups -OCH3 is 1. The van der Waals surface area contributed by atoms with Gasteiger partial charge in [0.1, 0.15) is 5.75 Å². The van der Waals surface area contributed by atoms with Gasteiger partial charge in [0.25, 0.3) is 0 Å². The molecule has 1 aromatic heterocycles. The molecular formula is C16H18N2O3. The highest BCUT2D eigenvalue weighted by atomic mass is 16.5. The van der Waals surface area contributed by atoms with Crippen LogP contribution in [-0.4, -0.2) is 30.8 Å². The molecule has 0 atom stereocenters. The van der Waals surface area contributed by atoms with E-state index in [0.717, 1.165) is 35.1 Å². The van der Waals surface area contributed by atoms with Crippen LogP contribution in [0.1, 0.15) is 29.4 Å². The van der Waals surface area contributed by atoms with Crippen LogP contribution in [0.2, 0.25) is 0 Å². The minimum atomic E-state index is -0.0517. The number of hydrogen-bond acceptors (Lipinski definition) is 4. The van der Waals surface area contributed by atoms with Gasteiger partial charge in [-0.05, 0) is 37.1 Å². The van der Waals surface area contributed by atoms with E-state index in [2.05, 4.69) is 10.3 Å². The van der Waals surface area contributed by atoms with Crippen molar-refractivity contribution < 1.29 is 14.3 Å². The molecule has 0 aliphatic carbocycles. The molecule has 21 heavy (non-hydrogen) atoms. The number of ether oxygens (including phenoxy) is 1. The van der Waals surface area contributed by atoms with Gasteiger partial charge < -0.3 is 10.1 Å². The van der Waals surface area contributed by atoms with E-state index >= 15 is 0 Å². The number of carbonyl (C=O) groups excluding carboxylic acids is 2. The van der Waals surface area contributed by atoms with Crippen molar-refractivity contribution in [3.8, 4) is 5.75 Å². The van der Waals surface area contributed by atoms with Crippen molar-refractivity contribution in [1.82, 2.24) is 10.3 Å². The molecule has 0 saturated carbocycles. The first-order chi connectivity index (χ1) is 10.1. The number of pyridine rings is 1. The van der Waals surface area contributed by atoms with Gasteiger partial charge in [-0.25, -0.2) is 0 Å². The smallest absolute Gasteiger partial charge is 0.216 e. The molecule has 2 aromatic rings. The van der Waals surface area contributed by atoms with E-state index in [9.17, 15) is 9.59 Å². The highest BCUT2D eigenvalue weighted by molar-refractivity contribution is 5.88. The van der Waals surface area contributed by atoms with E-state index in [0.29, 0.717) is 18.5 Å². The van der Waals surface area contributed by atoms with Gasteiger partial charge in [-0.15, -0.1) is 0 Å². The Morgan fingerprint density at radius 2 is 2.19 bits per heavy atom. The molecule has 0 aliphatic heterocycles. The predicted molar refractivity (Wildman–Crippen MR) is 80.7 cm³/mol. The number of aryl methyl sites for hydroxylation is 1. The molecule has 0 fully saturated rings. The number of nitrogens with one attached hydrogen (secondary N) is 1. The van der Waals surface area contributed by atoms with Gasteiger partial charge in [-0.3, -0.25) is 14.6 Å². The number of amides is 1. The molecular weight excluding hydrogens is 268 g/mol. The monoisotopic (exact) mass is 286 g/mol. The molecule has 1 N–H and O–H groups in total. The highest BCUT2D eigenvalue weighted by Crippen LogP contribution is 2.22. The highest BCUT2D eigenvalue weighted by Gasteiger charge is 2.07. The van der Waals surface area contributed by atoms with Crippen LogP contribution in [0.15, 0.2) is 24.3 Å². The lowest BCUT2D eigenvalue weighted by atomic mass is 10.1. The van der Waals surface area contributed by atoms with E-state index < -0.39 is 0 Å². The van der Waals surface area contributed by atoms with Crippen LogP contribution in [0.3, 0.4) is 0 Å². The Balaban J connectivity index is 2.22. The molecule has 1 aromatic carbocycles. The normalized spacial score (nSPS) is 10.4. The summed E-state index contributed by atoms with van der Waals surface area (Å²) >= 11 is 0. The standard InChI is InChI=1S/C16H18N2O3/c1-11(20)17-7-3-4-15-13(10-19)8-12-9-14(21-2)5-6-16(12)18-15/h5-6,8-10H,3-4,7H2,1-2H3,(H,17,20). The van der Waals surface area contributed by atoms with Crippen molar-refractivity contribution in [2.24, 2.45) is 0 Å². The third-order valence-corrected chi connectivity index (χ3v) is 3.23. The van der Waals surface area contributed by atoms with Gasteiger partial charge in [-0.1, -0.05) is 0 Å². The van der Waals surface area contributed by atoms with Gasteiger partial charge >= 0.3 is 0 Å². The van der Waals surface area contributed by atoms with Gasteiger partial charge in [0.15, 0.2) is 6.29 Å². The molecule has 0 spiro atoms. The van der Waals surface area contributed by atoms with Crippen molar-refractivity contribution >= 4 is 23.1 Å². The predicted octanol–water partition coefficient (Wildman–Crippen LogP) is 2.12. The maximum atomic E-state index is 11.2. The van der Waals surface area contributed by atoms with Crippen LogP contribution >= 0.6 is 0 Å². The van der Waals surface area contributed by atoms with E-state index in [1.807, 2.05) is 24.3 Å². The molecule has 5 nitrogen and oxygen atoms in total. The zero-order valence-electron chi connectivity index (χ0n) is 12.2. The Bertz CT molecular complexity index is 668. The summed E-state index contributed by atoms with van der Waals surface area (Å²) in [5.41, 5.74) is 2.17. The first kappa shape index (κ1) is 15.0. The van der Waals surface area contributed by atoms with E-state index in [1.54, 1.807) is 7.11 Å². The van der Waals surface area contributed by atoms with Gasteiger partial charge in [-0.2, -0.15) is 0 Å². The third kappa shape index (κ3) is 3.78. The van der Waals surface area contributed by atoms with Crippen LogP contribution in [0.25, 0.3) is 10.9 Å². The molecule has 0 unspecified atom stereocenters. The fourth-order valence-electron chi connectivity index (χ4n) is 2.16. The maximum Gasteiger partial charge on any atom is 0.216 e. The molecule has 110 valence electrons. The second-order valence-electron chi connectivity index (χ2n) is 4.79. The van der Waals surface area contributed by atoms with Crippen molar-refractivity contribution in [3.63, 3.8) is 0 Å². The Morgan fingerprint density at radius 3 is 2.86 bits per heavy atom. The number of aldehydes is 1. The van der Waals surface area contributed by atoms with E-state index in [1.165, 1.54) is 6.92 Å². The second kappa shape index (κ2) is 6.83. The lowest BCUT2D eigenvalue weighted by Gasteiger charge is -2.08. The number of benzene rings is 1. The van der Waals surface area contributed by atoms with Gasteiger partial charge in [0, 0.05) is 24.4 Å². The van der Waals surface area contributed by atoms with Crippen LogP contribution < -0.4 is 10.1 Å². The number of carbonyl (C=O) groups is 2. The summed E-state index contributed by atoms with van der Waals surface area (Å²) in [7, 11) is 1.60. The quantitative estimate of drug-likeness (QED) is 0.652. The van der Waals surface area contributed by atoms with Gasteiger partial charge in [0.2, 0.25) is 5.91 Å². The lowest BCUT2D eigenvalue weighted by molar-refractivity contribution is -0.118. The minimum Gasteiger partial charge on any atom is -0.497 e. The summed E-state index contributed by atoms with van der Waals surface area (Å²) in [6, 6.07) is 7.40. The molecule has 2 rings (SSSR count). The molecule has 0 saturated heterocycles. The Labute approximate surface area is 123 Å². The Hall–Kier alpha value is -2.43. The van der Waals surface area contributed by atoms with Crippen LogP contribution in [0.4, 0.5) is 0 Å². The Morgan fingerprint density at radius 1 is 1.38 bits per heavy atom. The third-order valence-electron chi connectivity index (χ3n) is 3.23. The van der Waals surface area contributed by atoms with Crippen LogP contribution in [0.5, 0.6) is 5.75 Å². The molecule has 0 bridgehead atoms. The summed E-state index contributed by atoms with van der Waals surface area (Å²) in [5.74, 6) is 0.684. The maximum absolute atomic E-state index is 11.2. The van der Waals surface area contributed by atoms with E-state index in [-0.39, 0.29) is 5.91 Å². The SMILES string of the molecule is COc1ccc2nc(CCCNC(C)=O)c(C=O)cc2c1. The minimum absolute atomic E-state index is 0.0517. The van der Waals surface area contributed by atoms with Crippen LogP contribution in [0, 0.1) is 0 Å². The zero-order valence-corrected chi connectivity index (χ0v) is 12.2. The number of nitrogens with zero attached hydrogens (tertiary/aromatic N) is 1. The largest absolute Gasteiger partial charge is 0.497 e. The van der Waals surface area contributed by atoms with Gasteiger partial charge in [0.05, 0.1) is 18.3 Å². The van der Waals surface area contributed by atoms with E-state index in [4.69, 9.17) is 4.74 Å². The number of fused-ring (bicyclic) bond motifs is 1. The van der Waals surface area contributed by atoms with Crippen molar-refractivity contribution in [3.05, 3.63) is 35.5 Å². The zero-order chi connectivity index (χ0) is 15.2. The first-order valence-electron chi connectivity index (χ1n) is 6.81. The summed E-state index contributed by atoms with van der Waals surface area (Å²) < 4.78 is 5.17. The van der Waals surface area contributed by atoms with Crippen molar-refractivity contribution in [2.45, 2.75) is 19.8 Å². The average molecular weight is 286 g/mol. The molecule has 0 radical (unpaired) electrons. The molecule has 0 aliphatic rings. The fraction of sp³-hybridized carbons (Fsp3) is 0.312. The van der Waals surface area contributed by atoms with Crippen molar-refractivity contribution in [2.75, 3.05) is 13.7 Å². The summed E-state index contributed by atoms with van der Waals surface area (Å²) in [5, 5.41) is 3.61. The fourth-order valence-corrected chi connectivity index (χ4v) is 2.16. The summed E-state index contributed by atoms with van der Waals surface area (Å²) in [6.45, 7) is 2.06. The summed E-state index contributed by atoms with van der Waals surface area (Å²) in [6.07, 6.45) is 2.21. The molecule has 1 amide bonds. The van der Waals surface area contributed by atoms with Crippen LogP contribution in [-0.2, 0) is 11.2 Å². The average Bonchev–Trinajstić information content (AvgIpc) is 2.49. The Kier molecular flexibility index (Phi) is 4.87.